The molecule has 2 nitrogen and oxygen atoms in total. The summed E-state index contributed by atoms with van der Waals surface area (Å²) in [5.41, 5.74) is 0.592. The van der Waals surface area contributed by atoms with Gasteiger partial charge in [0.25, 0.3) is 0 Å². The number of hydrogen-bond donors (Lipinski definition) is 1. The maximum Gasteiger partial charge on any atom is 0.0643 e. The largest absolute Gasteiger partial charge is 0.378 e. The molecule has 0 spiro atoms. The summed E-state index contributed by atoms with van der Waals surface area (Å²) >= 11 is 0. The van der Waals surface area contributed by atoms with Crippen LogP contribution in [0.1, 0.15) is 39.5 Å². The van der Waals surface area contributed by atoms with Gasteiger partial charge in [-0.2, -0.15) is 0 Å². The van der Waals surface area contributed by atoms with E-state index in [1.54, 1.807) is 0 Å². The molecule has 1 aliphatic carbocycles. The molecule has 0 radical (unpaired) electrons. The molecule has 1 heterocycles. The summed E-state index contributed by atoms with van der Waals surface area (Å²) in [5, 5.41) is 3.67. The average molecular weight is 183 g/mol. The minimum Gasteiger partial charge on any atom is -0.378 e. The van der Waals surface area contributed by atoms with Crippen molar-refractivity contribution in [3.63, 3.8) is 0 Å². The maximum absolute atomic E-state index is 5.15. The highest BCUT2D eigenvalue weighted by Gasteiger charge is 2.29. The lowest BCUT2D eigenvalue weighted by Crippen LogP contribution is -2.51. The molecule has 1 saturated carbocycles. The molecule has 2 aliphatic rings. The monoisotopic (exact) mass is 183 g/mol. The van der Waals surface area contributed by atoms with Crippen LogP contribution in [-0.2, 0) is 4.74 Å². The summed E-state index contributed by atoms with van der Waals surface area (Å²) in [6.45, 7) is 6.63. The normalized spacial score (nSPS) is 30.0. The van der Waals surface area contributed by atoms with Gasteiger partial charge < -0.3 is 10.1 Å². The Bertz CT molecular complexity index is 165. The lowest BCUT2D eigenvalue weighted by Gasteiger charge is -2.38. The molecule has 1 N–H and O–H groups in total. The zero-order chi connectivity index (χ0) is 9.31. The van der Waals surface area contributed by atoms with Gasteiger partial charge in [-0.05, 0) is 31.1 Å². The molecule has 2 rings (SSSR count). The lowest BCUT2D eigenvalue weighted by molar-refractivity contribution is -0.0139. The number of nitrogens with one attached hydrogen (secondary N) is 1. The van der Waals surface area contributed by atoms with Crippen molar-refractivity contribution in [2.24, 2.45) is 5.41 Å². The molecule has 0 unspecified atom stereocenters. The van der Waals surface area contributed by atoms with Crippen molar-refractivity contribution in [3.05, 3.63) is 0 Å². The van der Waals surface area contributed by atoms with Crippen molar-refractivity contribution in [2.75, 3.05) is 13.2 Å². The Morgan fingerprint density at radius 1 is 1.08 bits per heavy atom. The molecular formula is C11H21NO. The van der Waals surface area contributed by atoms with Crippen molar-refractivity contribution in [1.82, 2.24) is 5.32 Å². The second kappa shape index (κ2) is 3.58. The van der Waals surface area contributed by atoms with Gasteiger partial charge >= 0.3 is 0 Å². The van der Waals surface area contributed by atoms with Crippen LogP contribution in [0, 0.1) is 5.41 Å². The Hall–Kier alpha value is -0.0800. The Labute approximate surface area is 81.0 Å². The van der Waals surface area contributed by atoms with Gasteiger partial charge in [-0.15, -0.1) is 0 Å². The molecule has 76 valence electrons. The fourth-order valence-corrected chi connectivity index (χ4v) is 2.23. The van der Waals surface area contributed by atoms with Crippen molar-refractivity contribution in [3.8, 4) is 0 Å². The van der Waals surface area contributed by atoms with Gasteiger partial charge in [-0.1, -0.05) is 13.8 Å². The van der Waals surface area contributed by atoms with Gasteiger partial charge in [0.2, 0.25) is 0 Å². The standard InChI is InChI=1S/C11H21NO/c1-11(2)5-3-9(4-6-11)12-10-7-13-8-10/h9-10,12H,3-8H2,1-2H3. The molecular weight excluding hydrogens is 162 g/mol. The van der Waals surface area contributed by atoms with Gasteiger partial charge in [0.15, 0.2) is 0 Å². The number of ether oxygens (including phenoxy) is 1. The third-order valence-corrected chi connectivity index (χ3v) is 3.45. The van der Waals surface area contributed by atoms with Crippen LogP contribution >= 0.6 is 0 Å². The van der Waals surface area contributed by atoms with E-state index in [1.165, 1.54) is 25.7 Å². The van der Waals surface area contributed by atoms with E-state index >= 15 is 0 Å². The highest BCUT2D eigenvalue weighted by Crippen LogP contribution is 2.35. The SMILES string of the molecule is CC1(C)CCC(NC2COC2)CC1. The molecule has 0 aromatic carbocycles. The van der Waals surface area contributed by atoms with Crippen molar-refractivity contribution >= 4 is 0 Å². The van der Waals surface area contributed by atoms with E-state index in [4.69, 9.17) is 4.74 Å². The predicted octanol–water partition coefficient (Wildman–Crippen LogP) is 1.94. The average Bonchev–Trinajstić information content (AvgIpc) is 1.99. The summed E-state index contributed by atoms with van der Waals surface area (Å²) in [7, 11) is 0. The fourth-order valence-electron chi connectivity index (χ4n) is 2.23. The van der Waals surface area contributed by atoms with Crippen LogP contribution in [0.25, 0.3) is 0 Å². The molecule has 0 aromatic heterocycles. The predicted molar refractivity (Wildman–Crippen MR) is 53.8 cm³/mol. The molecule has 13 heavy (non-hydrogen) atoms. The summed E-state index contributed by atoms with van der Waals surface area (Å²) in [4.78, 5) is 0. The third-order valence-electron chi connectivity index (χ3n) is 3.45. The van der Waals surface area contributed by atoms with E-state index in [0.29, 0.717) is 11.5 Å². The van der Waals surface area contributed by atoms with Crippen LogP contribution in [0.5, 0.6) is 0 Å². The quantitative estimate of drug-likeness (QED) is 0.706. The van der Waals surface area contributed by atoms with E-state index in [1.807, 2.05) is 0 Å². The highest BCUT2D eigenvalue weighted by atomic mass is 16.5. The Kier molecular flexibility index (Phi) is 2.61. The Balaban J connectivity index is 1.71. The van der Waals surface area contributed by atoms with Crippen LogP contribution in [0.2, 0.25) is 0 Å². The van der Waals surface area contributed by atoms with Crippen molar-refractivity contribution < 1.29 is 4.74 Å². The second-order valence-electron chi connectivity index (χ2n) is 5.34. The molecule has 0 amide bonds. The molecule has 2 fully saturated rings. The van der Waals surface area contributed by atoms with E-state index in [0.717, 1.165) is 19.3 Å². The number of hydrogen-bond acceptors (Lipinski definition) is 2. The first-order valence-corrected chi connectivity index (χ1v) is 5.49. The minimum absolute atomic E-state index is 0.592. The van der Waals surface area contributed by atoms with Gasteiger partial charge in [0.1, 0.15) is 0 Å². The third kappa shape index (κ3) is 2.44. The van der Waals surface area contributed by atoms with Crippen LogP contribution in [0.3, 0.4) is 0 Å². The molecule has 0 atom stereocenters. The van der Waals surface area contributed by atoms with Gasteiger partial charge in [0, 0.05) is 6.04 Å². The zero-order valence-electron chi connectivity index (χ0n) is 8.81. The molecule has 0 bridgehead atoms. The first-order valence-electron chi connectivity index (χ1n) is 5.49. The smallest absolute Gasteiger partial charge is 0.0643 e. The van der Waals surface area contributed by atoms with E-state index < -0.39 is 0 Å². The molecule has 0 aromatic rings. The Morgan fingerprint density at radius 2 is 1.69 bits per heavy atom. The first kappa shape index (κ1) is 9.47. The summed E-state index contributed by atoms with van der Waals surface area (Å²) in [5.74, 6) is 0. The summed E-state index contributed by atoms with van der Waals surface area (Å²) in [6, 6.07) is 1.42. The second-order valence-corrected chi connectivity index (χ2v) is 5.34. The lowest BCUT2D eigenvalue weighted by atomic mass is 9.75. The summed E-state index contributed by atoms with van der Waals surface area (Å²) in [6.07, 6.45) is 5.45. The summed E-state index contributed by atoms with van der Waals surface area (Å²) < 4.78 is 5.15. The minimum atomic E-state index is 0.592. The molecule has 1 aliphatic heterocycles. The van der Waals surface area contributed by atoms with Gasteiger partial charge in [0.05, 0.1) is 19.3 Å². The van der Waals surface area contributed by atoms with E-state index in [-0.39, 0.29) is 0 Å². The van der Waals surface area contributed by atoms with Crippen LogP contribution in [0.4, 0.5) is 0 Å². The highest BCUT2D eigenvalue weighted by molar-refractivity contribution is 4.85. The fraction of sp³-hybridized carbons (Fsp3) is 1.00. The van der Waals surface area contributed by atoms with Crippen molar-refractivity contribution in [1.29, 1.82) is 0 Å². The van der Waals surface area contributed by atoms with E-state index in [9.17, 15) is 0 Å². The maximum atomic E-state index is 5.15. The number of rotatable bonds is 2. The van der Waals surface area contributed by atoms with E-state index in [2.05, 4.69) is 19.2 Å². The Morgan fingerprint density at radius 3 is 2.15 bits per heavy atom. The molecule has 2 heteroatoms. The zero-order valence-corrected chi connectivity index (χ0v) is 8.81. The molecule has 1 saturated heterocycles. The van der Waals surface area contributed by atoms with Gasteiger partial charge in [-0.25, -0.2) is 0 Å². The van der Waals surface area contributed by atoms with Crippen LogP contribution in [-0.4, -0.2) is 25.3 Å². The van der Waals surface area contributed by atoms with Crippen LogP contribution < -0.4 is 5.32 Å². The van der Waals surface area contributed by atoms with Gasteiger partial charge in [-0.3, -0.25) is 0 Å². The first-order chi connectivity index (χ1) is 6.16. The van der Waals surface area contributed by atoms with Crippen LogP contribution in [0.15, 0.2) is 0 Å². The van der Waals surface area contributed by atoms with Crippen molar-refractivity contribution in [2.45, 2.75) is 51.6 Å². The topological polar surface area (TPSA) is 21.3 Å².